The van der Waals surface area contributed by atoms with Crippen LogP contribution < -0.4 is 0 Å². The fourth-order valence-electron chi connectivity index (χ4n) is 7.10. The van der Waals surface area contributed by atoms with Crippen molar-refractivity contribution in [2.24, 2.45) is 0 Å². The maximum Gasteiger partial charge on any atom is 0.308 e. The Labute approximate surface area is 218 Å². The zero-order chi connectivity index (χ0) is 28.2. The molecule has 1 aromatic heterocycles. The molecule has 0 bridgehead atoms. The van der Waals surface area contributed by atoms with Gasteiger partial charge in [0.2, 0.25) is 16.1 Å². The summed E-state index contributed by atoms with van der Waals surface area (Å²) in [6, 6.07) is 0. The molecule has 198 valence electrons. The van der Waals surface area contributed by atoms with Crippen LogP contribution in [0.1, 0.15) is 104 Å². The summed E-state index contributed by atoms with van der Waals surface area (Å²) in [4.78, 5) is 42.7. The Hall–Kier alpha value is -2.39. The standard InChI is InChI=1S/C26H44N6O2Si2/c1-15(2)35(16(3)4,17(5)6)25(31-27)23(33)21-13-30-22(14-29-21)24(34)26(32-28)36(18(7)8,19(9)10)20(11)12/h13-20H,1-12H3. The molecule has 0 N–H and O–H groups in total. The van der Waals surface area contributed by atoms with Gasteiger partial charge in [0, 0.05) is 0 Å². The predicted molar refractivity (Wildman–Crippen MR) is 150 cm³/mol. The number of nitrogens with zero attached hydrogens (tertiary/aromatic N) is 6. The van der Waals surface area contributed by atoms with E-state index in [1.54, 1.807) is 0 Å². The molecule has 0 atom stereocenters. The van der Waals surface area contributed by atoms with Crippen LogP contribution in [0.25, 0.3) is 11.1 Å². The monoisotopic (exact) mass is 528 g/mol. The minimum absolute atomic E-state index is 0.0285. The lowest BCUT2D eigenvalue weighted by Gasteiger charge is -2.37. The van der Waals surface area contributed by atoms with Gasteiger partial charge in [0.1, 0.15) is 11.4 Å². The van der Waals surface area contributed by atoms with Gasteiger partial charge in [-0.05, 0) is 33.2 Å². The highest BCUT2D eigenvalue weighted by Gasteiger charge is 2.58. The Morgan fingerprint density at radius 1 is 0.583 bits per heavy atom. The minimum atomic E-state index is -2.56. The molecule has 0 radical (unpaired) electrons. The van der Waals surface area contributed by atoms with Crippen LogP contribution in [0, 0.1) is 0 Å². The van der Waals surface area contributed by atoms with Gasteiger partial charge >= 0.3 is 10.7 Å². The fraction of sp³-hybridized carbons (Fsp3) is 0.692. The van der Waals surface area contributed by atoms with E-state index in [-0.39, 0.29) is 55.3 Å². The third-order valence-electron chi connectivity index (χ3n) is 8.30. The normalized spacial score (nSPS) is 12.5. The highest BCUT2D eigenvalue weighted by Crippen LogP contribution is 2.43. The smallest absolute Gasteiger partial charge is 0.308 e. The molecule has 8 nitrogen and oxygen atoms in total. The van der Waals surface area contributed by atoms with Crippen molar-refractivity contribution in [2.45, 2.75) is 116 Å². The zero-order valence-electron chi connectivity index (χ0n) is 24.1. The van der Waals surface area contributed by atoms with Gasteiger partial charge in [0.25, 0.3) is 11.6 Å². The summed E-state index contributed by atoms with van der Waals surface area (Å²) in [7, 11) is -5.11. The molecule has 0 spiro atoms. The third-order valence-corrected chi connectivity index (χ3v) is 22.1. The summed E-state index contributed by atoms with van der Waals surface area (Å²) in [5, 5.41) is 0.360. The van der Waals surface area contributed by atoms with E-state index in [0.717, 1.165) is 0 Å². The van der Waals surface area contributed by atoms with Crippen LogP contribution >= 0.6 is 0 Å². The minimum Gasteiger partial charge on any atom is -0.362 e. The molecule has 0 amide bonds. The van der Waals surface area contributed by atoms with E-state index < -0.39 is 27.7 Å². The summed E-state index contributed by atoms with van der Waals surface area (Å²) in [6.07, 6.45) is 2.53. The molecule has 36 heavy (non-hydrogen) atoms. The molecule has 0 aliphatic heterocycles. The van der Waals surface area contributed by atoms with Crippen molar-refractivity contribution in [1.29, 1.82) is 0 Å². The Kier molecular flexibility index (Phi) is 10.8. The first-order valence-electron chi connectivity index (χ1n) is 13.0. The maximum atomic E-state index is 13.5. The summed E-state index contributed by atoms with van der Waals surface area (Å²) >= 11 is 0. The molecule has 0 fully saturated rings. The van der Waals surface area contributed by atoms with E-state index >= 15 is 0 Å². The van der Waals surface area contributed by atoms with Gasteiger partial charge in [-0.1, -0.05) is 83.1 Å². The first-order chi connectivity index (χ1) is 16.6. The highest BCUT2D eigenvalue weighted by atomic mass is 28.3. The number of hydrogen-bond acceptors (Lipinski definition) is 4. The van der Waals surface area contributed by atoms with Crippen LogP contribution in [0.5, 0.6) is 0 Å². The lowest BCUT2D eigenvalue weighted by atomic mass is 10.2. The number of rotatable bonds is 12. The topological polar surface area (TPSA) is 133 Å². The Morgan fingerprint density at radius 3 is 0.944 bits per heavy atom. The first kappa shape index (κ1) is 31.6. The Bertz CT molecular complexity index is 936. The molecule has 1 heterocycles. The number of ketones is 2. The maximum absolute atomic E-state index is 13.5. The molecule has 0 unspecified atom stereocenters. The summed E-state index contributed by atoms with van der Waals surface area (Å²) < 4.78 is 0. The number of carbonyl (C=O) groups is 2. The molecule has 0 aliphatic carbocycles. The SMILES string of the molecule is CC(C)[Si](C(=[N+]=[N-])C(=O)c1cnc(C(=O)C(=[N+]=[N-])[Si](C(C)C)(C(C)C)C(C)C)cn1)(C(C)C)C(C)C. The van der Waals surface area contributed by atoms with Crippen LogP contribution in [-0.2, 0) is 0 Å². The second-order valence-corrected chi connectivity index (χ2v) is 23.2. The van der Waals surface area contributed by atoms with Crippen LogP contribution in [0.2, 0.25) is 33.2 Å². The van der Waals surface area contributed by atoms with Crippen molar-refractivity contribution in [3.63, 3.8) is 0 Å². The van der Waals surface area contributed by atoms with E-state index in [0.29, 0.717) is 0 Å². The van der Waals surface area contributed by atoms with Crippen LogP contribution in [-0.4, -0.2) is 57.9 Å². The molecule has 0 aromatic carbocycles. The molecule has 1 aromatic rings. The van der Waals surface area contributed by atoms with Crippen molar-refractivity contribution in [3.8, 4) is 0 Å². The predicted octanol–water partition coefficient (Wildman–Crippen LogP) is 6.62. The number of aromatic nitrogens is 2. The van der Waals surface area contributed by atoms with Crippen LogP contribution in [0.15, 0.2) is 12.4 Å². The molecular formula is C26H44N6O2Si2. The van der Waals surface area contributed by atoms with Crippen molar-refractivity contribution in [2.75, 3.05) is 0 Å². The van der Waals surface area contributed by atoms with Crippen molar-refractivity contribution < 1.29 is 19.2 Å². The third kappa shape index (κ3) is 5.18. The highest BCUT2D eigenvalue weighted by molar-refractivity contribution is 7.17. The van der Waals surface area contributed by atoms with Crippen LogP contribution in [0.3, 0.4) is 0 Å². The number of Topliss-reactive ketones (excluding diaryl/α,β-unsaturated/α-hetero) is 2. The average Bonchev–Trinajstić information content (AvgIpc) is 2.78. The van der Waals surface area contributed by atoms with E-state index in [1.165, 1.54) is 12.4 Å². The van der Waals surface area contributed by atoms with Gasteiger partial charge in [0.05, 0.1) is 12.4 Å². The first-order valence-corrected chi connectivity index (χ1v) is 17.4. The molecule has 0 saturated heterocycles. The Morgan fingerprint density at radius 2 is 0.806 bits per heavy atom. The van der Waals surface area contributed by atoms with Gasteiger partial charge in [-0.2, -0.15) is 9.58 Å². The van der Waals surface area contributed by atoms with Gasteiger partial charge in [-0.3, -0.25) is 9.59 Å². The second-order valence-electron chi connectivity index (χ2n) is 11.6. The average molecular weight is 529 g/mol. The summed E-state index contributed by atoms with van der Waals surface area (Å²) in [5.74, 6) is -0.920. The summed E-state index contributed by atoms with van der Waals surface area (Å²) in [6.45, 7) is 24.9. The van der Waals surface area contributed by atoms with E-state index in [2.05, 4.69) is 103 Å². The molecule has 0 saturated carbocycles. The second kappa shape index (κ2) is 12.2. The molecule has 1 rings (SSSR count). The Balaban J connectivity index is 3.58. The van der Waals surface area contributed by atoms with E-state index in [1.807, 2.05) is 0 Å². The van der Waals surface area contributed by atoms with Gasteiger partial charge < -0.3 is 11.1 Å². The largest absolute Gasteiger partial charge is 0.362 e. The van der Waals surface area contributed by atoms with Crippen molar-refractivity contribution >= 4 is 38.4 Å². The lowest BCUT2D eigenvalue weighted by Crippen LogP contribution is -2.56. The van der Waals surface area contributed by atoms with Gasteiger partial charge in [-0.15, -0.1) is 0 Å². The molecule has 10 heteroatoms. The van der Waals surface area contributed by atoms with E-state index in [4.69, 9.17) is 0 Å². The molecule has 0 aliphatic rings. The van der Waals surface area contributed by atoms with Gasteiger partial charge in [-0.25, -0.2) is 9.97 Å². The van der Waals surface area contributed by atoms with Crippen LogP contribution in [0.4, 0.5) is 0 Å². The number of carbonyl (C=O) groups excluding carboxylic acids is 2. The zero-order valence-corrected chi connectivity index (χ0v) is 26.1. The fourth-order valence-corrected chi connectivity index (χ4v) is 19.8. The molecular weight excluding hydrogens is 484 g/mol. The van der Waals surface area contributed by atoms with E-state index in [9.17, 15) is 20.7 Å². The van der Waals surface area contributed by atoms with Crippen molar-refractivity contribution in [3.05, 3.63) is 34.8 Å². The van der Waals surface area contributed by atoms with Crippen molar-refractivity contribution in [1.82, 2.24) is 9.97 Å². The van der Waals surface area contributed by atoms with Gasteiger partial charge in [0.15, 0.2) is 0 Å². The summed E-state index contributed by atoms with van der Waals surface area (Å²) in [5.41, 5.74) is 21.0. The number of hydrogen-bond donors (Lipinski definition) is 0. The quantitative estimate of drug-likeness (QED) is 0.0990. The lowest BCUT2D eigenvalue weighted by molar-refractivity contribution is -0.00331.